The van der Waals surface area contributed by atoms with Gasteiger partial charge in [-0.1, -0.05) is 12.2 Å². The van der Waals surface area contributed by atoms with Gasteiger partial charge in [-0.15, -0.1) is 0 Å². The topological polar surface area (TPSA) is 35.2 Å². The van der Waals surface area contributed by atoms with Crippen LogP contribution >= 0.6 is 28.1 Å². The summed E-state index contributed by atoms with van der Waals surface area (Å²) in [6.07, 6.45) is 0. The van der Waals surface area contributed by atoms with Crippen LogP contribution in [-0.4, -0.2) is 4.99 Å². The molecule has 104 valence electrons. The minimum absolute atomic E-state index is 0.00742. The quantitative estimate of drug-likeness (QED) is 0.841. The molecule has 0 amide bonds. The molecule has 0 aromatic heterocycles. The fraction of sp³-hybridized carbons (Fsp3) is 0.0714. The molecule has 2 rings (SSSR count). The van der Waals surface area contributed by atoms with Crippen molar-refractivity contribution in [2.75, 3.05) is 0 Å². The van der Waals surface area contributed by atoms with Crippen molar-refractivity contribution in [3.8, 4) is 5.75 Å². The van der Waals surface area contributed by atoms with Crippen molar-refractivity contribution in [1.82, 2.24) is 0 Å². The molecule has 2 nitrogen and oxygen atoms in total. The van der Waals surface area contributed by atoms with E-state index in [4.69, 9.17) is 22.7 Å². The van der Waals surface area contributed by atoms with Crippen LogP contribution in [0.1, 0.15) is 11.1 Å². The van der Waals surface area contributed by atoms with Crippen LogP contribution in [0.2, 0.25) is 0 Å². The summed E-state index contributed by atoms with van der Waals surface area (Å²) in [6.45, 7) is -0.00742. The smallest absolute Gasteiger partial charge is 0.134 e. The van der Waals surface area contributed by atoms with E-state index in [9.17, 15) is 8.78 Å². The van der Waals surface area contributed by atoms with Gasteiger partial charge in [0, 0.05) is 11.1 Å². The summed E-state index contributed by atoms with van der Waals surface area (Å²) in [4.78, 5) is 0.189. The highest BCUT2D eigenvalue weighted by molar-refractivity contribution is 9.10. The largest absolute Gasteiger partial charge is 0.488 e. The average molecular weight is 358 g/mol. The van der Waals surface area contributed by atoms with Gasteiger partial charge in [0.25, 0.3) is 0 Å². The van der Waals surface area contributed by atoms with E-state index in [2.05, 4.69) is 15.9 Å². The number of hydrogen-bond acceptors (Lipinski definition) is 2. The number of hydrogen-bond donors (Lipinski definition) is 1. The molecular formula is C14H10BrF2NOS. The zero-order chi connectivity index (χ0) is 14.7. The molecule has 20 heavy (non-hydrogen) atoms. The van der Waals surface area contributed by atoms with Crippen LogP contribution in [0.25, 0.3) is 0 Å². The minimum atomic E-state index is -0.414. The van der Waals surface area contributed by atoms with Gasteiger partial charge < -0.3 is 10.5 Å². The van der Waals surface area contributed by atoms with Crippen LogP contribution in [-0.2, 0) is 6.61 Å². The first-order valence-corrected chi connectivity index (χ1v) is 6.83. The molecule has 0 atom stereocenters. The lowest BCUT2D eigenvalue weighted by Gasteiger charge is -2.10. The maximum Gasteiger partial charge on any atom is 0.134 e. The number of thiocarbonyl (C=S) groups is 1. The van der Waals surface area contributed by atoms with Crippen LogP contribution in [0.4, 0.5) is 8.78 Å². The maximum absolute atomic E-state index is 13.7. The zero-order valence-electron chi connectivity index (χ0n) is 10.2. The highest BCUT2D eigenvalue weighted by Gasteiger charge is 2.08. The fourth-order valence-corrected chi connectivity index (χ4v) is 2.18. The zero-order valence-corrected chi connectivity index (χ0v) is 12.6. The lowest BCUT2D eigenvalue weighted by molar-refractivity contribution is 0.297. The Labute approximate surface area is 128 Å². The van der Waals surface area contributed by atoms with Gasteiger partial charge in [-0.25, -0.2) is 8.78 Å². The highest BCUT2D eigenvalue weighted by atomic mass is 79.9. The lowest BCUT2D eigenvalue weighted by atomic mass is 10.1. The standard InChI is InChI=1S/C14H10BrF2NOS/c15-11-6-10(16)2-4-13(11)19-7-9-5-8(14(18)20)1-3-12(9)17/h1-6H,7H2,(H2,18,20). The number of nitrogens with two attached hydrogens (primary N) is 1. The molecule has 0 unspecified atom stereocenters. The molecular weight excluding hydrogens is 348 g/mol. The second-order valence-electron chi connectivity index (χ2n) is 4.03. The van der Waals surface area contributed by atoms with Gasteiger partial charge in [0.1, 0.15) is 29.0 Å². The Morgan fingerprint density at radius 3 is 2.60 bits per heavy atom. The Hall–Kier alpha value is -1.53. The van der Waals surface area contributed by atoms with Gasteiger partial charge >= 0.3 is 0 Å². The lowest BCUT2D eigenvalue weighted by Crippen LogP contribution is -2.10. The van der Waals surface area contributed by atoms with Crippen molar-refractivity contribution in [3.05, 3.63) is 63.6 Å². The first kappa shape index (κ1) is 14.9. The summed E-state index contributed by atoms with van der Waals surface area (Å²) < 4.78 is 32.5. The number of halogens is 3. The fourth-order valence-electron chi connectivity index (χ4n) is 1.59. The molecule has 0 spiro atoms. The Morgan fingerprint density at radius 2 is 1.95 bits per heavy atom. The molecule has 2 N–H and O–H groups in total. The first-order valence-electron chi connectivity index (χ1n) is 5.63. The predicted molar refractivity (Wildman–Crippen MR) is 80.7 cm³/mol. The van der Waals surface area contributed by atoms with Crippen LogP contribution < -0.4 is 10.5 Å². The van der Waals surface area contributed by atoms with Gasteiger partial charge in [0.15, 0.2) is 0 Å². The van der Waals surface area contributed by atoms with Gasteiger partial charge in [-0.05, 0) is 52.3 Å². The summed E-state index contributed by atoms with van der Waals surface area (Å²) in [5.74, 6) is -0.374. The molecule has 0 fully saturated rings. The van der Waals surface area contributed by atoms with E-state index in [0.717, 1.165) is 0 Å². The summed E-state index contributed by atoms with van der Waals surface area (Å²) in [6, 6.07) is 8.34. The summed E-state index contributed by atoms with van der Waals surface area (Å²) in [5.41, 5.74) is 6.39. The Morgan fingerprint density at radius 1 is 1.20 bits per heavy atom. The van der Waals surface area contributed by atoms with Crippen LogP contribution in [0, 0.1) is 11.6 Å². The molecule has 0 aliphatic heterocycles. The van der Waals surface area contributed by atoms with Crippen molar-refractivity contribution < 1.29 is 13.5 Å². The van der Waals surface area contributed by atoms with Gasteiger partial charge in [0.2, 0.25) is 0 Å². The molecule has 2 aromatic rings. The third-order valence-corrected chi connectivity index (χ3v) is 3.46. The normalized spacial score (nSPS) is 10.3. The predicted octanol–water partition coefficient (Wildman–Crippen LogP) is 3.94. The molecule has 0 bridgehead atoms. The van der Waals surface area contributed by atoms with Crippen molar-refractivity contribution in [2.24, 2.45) is 5.73 Å². The van der Waals surface area contributed by atoms with E-state index in [1.807, 2.05) is 0 Å². The molecule has 0 heterocycles. The molecule has 0 aliphatic rings. The van der Waals surface area contributed by atoms with E-state index in [-0.39, 0.29) is 17.4 Å². The number of rotatable bonds is 4. The third kappa shape index (κ3) is 3.52. The van der Waals surface area contributed by atoms with E-state index < -0.39 is 5.82 Å². The van der Waals surface area contributed by atoms with E-state index >= 15 is 0 Å². The second kappa shape index (κ2) is 6.28. The van der Waals surface area contributed by atoms with Crippen molar-refractivity contribution in [2.45, 2.75) is 6.61 Å². The minimum Gasteiger partial charge on any atom is -0.488 e. The van der Waals surface area contributed by atoms with Crippen LogP contribution in [0.3, 0.4) is 0 Å². The molecule has 0 radical (unpaired) electrons. The SMILES string of the molecule is NC(=S)c1ccc(F)c(COc2ccc(F)cc2Br)c1. The van der Waals surface area contributed by atoms with Gasteiger partial charge in [-0.2, -0.15) is 0 Å². The summed E-state index contributed by atoms with van der Waals surface area (Å²) in [7, 11) is 0. The van der Waals surface area contributed by atoms with Crippen LogP contribution in [0.15, 0.2) is 40.9 Å². The summed E-state index contributed by atoms with van der Waals surface area (Å²) >= 11 is 8.02. The molecule has 0 aliphatic carbocycles. The van der Waals surface area contributed by atoms with E-state index in [0.29, 0.717) is 21.3 Å². The van der Waals surface area contributed by atoms with Crippen molar-refractivity contribution >= 4 is 33.1 Å². The van der Waals surface area contributed by atoms with Gasteiger partial charge in [0.05, 0.1) is 4.47 Å². The molecule has 0 saturated carbocycles. The second-order valence-corrected chi connectivity index (χ2v) is 5.33. The summed E-state index contributed by atoms with van der Waals surface area (Å²) in [5, 5.41) is 0. The Balaban J connectivity index is 2.18. The monoisotopic (exact) mass is 357 g/mol. The van der Waals surface area contributed by atoms with E-state index in [1.165, 1.54) is 36.4 Å². The number of benzene rings is 2. The highest BCUT2D eigenvalue weighted by Crippen LogP contribution is 2.26. The Kier molecular flexibility index (Phi) is 4.67. The molecule has 2 aromatic carbocycles. The Bertz CT molecular complexity index is 664. The van der Waals surface area contributed by atoms with E-state index in [1.54, 1.807) is 0 Å². The van der Waals surface area contributed by atoms with Crippen molar-refractivity contribution in [3.63, 3.8) is 0 Å². The molecule has 6 heteroatoms. The van der Waals surface area contributed by atoms with Crippen LogP contribution in [0.5, 0.6) is 5.75 Å². The number of ether oxygens (including phenoxy) is 1. The third-order valence-electron chi connectivity index (χ3n) is 2.61. The van der Waals surface area contributed by atoms with Gasteiger partial charge in [-0.3, -0.25) is 0 Å². The van der Waals surface area contributed by atoms with Crippen molar-refractivity contribution in [1.29, 1.82) is 0 Å². The molecule has 0 saturated heterocycles. The maximum atomic E-state index is 13.7. The average Bonchev–Trinajstić information content (AvgIpc) is 2.39. The first-order chi connectivity index (χ1) is 9.47.